The first-order chi connectivity index (χ1) is 10.6. The quantitative estimate of drug-likeness (QED) is 0.728. The van der Waals surface area contributed by atoms with E-state index in [0.717, 1.165) is 6.42 Å². The molecule has 2 heterocycles. The first-order valence-electron chi connectivity index (χ1n) is 6.74. The van der Waals surface area contributed by atoms with Crippen LogP contribution in [0.5, 0.6) is 0 Å². The first kappa shape index (κ1) is 14.7. The van der Waals surface area contributed by atoms with Crippen LogP contribution >= 0.6 is 12.2 Å². The molecule has 22 heavy (non-hydrogen) atoms. The summed E-state index contributed by atoms with van der Waals surface area (Å²) in [5.74, 6) is -1.03. The number of carbonyl (C=O) groups is 1. The lowest BCUT2D eigenvalue weighted by Gasteiger charge is -2.32. The van der Waals surface area contributed by atoms with E-state index in [0.29, 0.717) is 24.3 Å². The van der Waals surface area contributed by atoms with Crippen molar-refractivity contribution < 1.29 is 15.0 Å². The van der Waals surface area contributed by atoms with Crippen molar-refractivity contribution in [3.05, 3.63) is 35.1 Å². The van der Waals surface area contributed by atoms with Crippen LogP contribution in [-0.2, 0) is 0 Å². The number of rotatable bonds is 3. The number of aliphatic hydroxyl groups excluding tert-OH is 1. The van der Waals surface area contributed by atoms with Crippen LogP contribution in [0.2, 0.25) is 0 Å². The molecular weight excluding hydrogens is 306 g/mol. The number of carboxylic acid groups (broad SMARTS) is 1. The Balaban J connectivity index is 2.07. The van der Waals surface area contributed by atoms with E-state index in [-0.39, 0.29) is 10.3 Å². The molecule has 115 valence electrons. The molecule has 3 N–H and O–H groups in total. The average molecular weight is 320 g/mol. The number of H-pyrrole nitrogens is 1. The van der Waals surface area contributed by atoms with Gasteiger partial charge in [-0.2, -0.15) is 5.21 Å². The summed E-state index contributed by atoms with van der Waals surface area (Å²) in [6.07, 6.45) is 0.884. The van der Waals surface area contributed by atoms with Crippen LogP contribution < -0.4 is 4.90 Å². The predicted molar refractivity (Wildman–Crippen MR) is 80.4 cm³/mol. The van der Waals surface area contributed by atoms with Crippen molar-refractivity contribution in [2.24, 2.45) is 0 Å². The second-order valence-electron chi connectivity index (χ2n) is 4.98. The monoisotopic (exact) mass is 320 g/mol. The Morgan fingerprint density at radius 2 is 2.27 bits per heavy atom. The Kier molecular flexibility index (Phi) is 3.90. The molecule has 2 aromatic rings. The number of benzene rings is 1. The number of hydrogen-bond acceptors (Lipinski definition) is 6. The molecule has 8 nitrogen and oxygen atoms in total. The van der Waals surface area contributed by atoms with Crippen molar-refractivity contribution in [3.8, 4) is 5.69 Å². The standard InChI is InChI=1S/C13H14N5O3S/c19-9-2-1-5-17(7-9)11-6-8(3-4-10(11)12(20)21)18-13(22)14-15-16-18/h3-4,6-7,9,19H,1-2,5H2,(H,20,21)(H,14,16,22). The van der Waals surface area contributed by atoms with Crippen molar-refractivity contribution in [2.45, 2.75) is 18.9 Å². The molecule has 1 saturated heterocycles. The van der Waals surface area contributed by atoms with Gasteiger partial charge in [0.15, 0.2) is 0 Å². The molecule has 1 aliphatic heterocycles. The third-order valence-electron chi connectivity index (χ3n) is 3.50. The van der Waals surface area contributed by atoms with Crippen LogP contribution in [0.4, 0.5) is 5.69 Å². The van der Waals surface area contributed by atoms with Crippen LogP contribution in [0, 0.1) is 11.3 Å². The molecule has 1 aromatic heterocycles. The molecule has 0 aliphatic carbocycles. The van der Waals surface area contributed by atoms with E-state index in [1.165, 1.54) is 10.7 Å². The topological polar surface area (TPSA) is 107 Å². The number of anilines is 1. The molecule has 1 atom stereocenters. The van der Waals surface area contributed by atoms with Crippen molar-refractivity contribution in [1.82, 2.24) is 20.2 Å². The minimum atomic E-state index is -1.03. The van der Waals surface area contributed by atoms with E-state index in [9.17, 15) is 15.0 Å². The zero-order valence-electron chi connectivity index (χ0n) is 11.5. The van der Waals surface area contributed by atoms with Gasteiger partial charge in [0.25, 0.3) is 0 Å². The number of piperidine rings is 1. The number of tetrazole rings is 1. The lowest BCUT2D eigenvalue weighted by atomic mass is 10.0. The highest BCUT2D eigenvalue weighted by atomic mass is 32.1. The molecule has 9 heteroatoms. The van der Waals surface area contributed by atoms with Crippen molar-refractivity contribution >= 4 is 23.9 Å². The highest BCUT2D eigenvalue weighted by molar-refractivity contribution is 7.71. The number of aromatic nitrogens is 4. The van der Waals surface area contributed by atoms with E-state index in [4.69, 9.17) is 12.2 Å². The molecule has 1 fully saturated rings. The van der Waals surface area contributed by atoms with Crippen LogP contribution in [0.15, 0.2) is 18.2 Å². The third-order valence-corrected chi connectivity index (χ3v) is 3.77. The van der Waals surface area contributed by atoms with Gasteiger partial charge in [0, 0.05) is 6.54 Å². The number of aromatic carboxylic acids is 1. The predicted octanol–water partition coefficient (Wildman–Crippen LogP) is 1.15. The summed E-state index contributed by atoms with van der Waals surface area (Å²) >= 11 is 5.05. The Bertz CT molecular complexity index is 756. The van der Waals surface area contributed by atoms with E-state index in [1.54, 1.807) is 23.6 Å². The zero-order chi connectivity index (χ0) is 15.7. The number of hydrogen-bond donors (Lipinski definition) is 3. The molecule has 0 spiro atoms. The summed E-state index contributed by atoms with van der Waals surface area (Å²) in [5, 5.41) is 29.1. The number of aromatic amines is 1. The first-order valence-corrected chi connectivity index (χ1v) is 7.14. The molecule has 1 aromatic carbocycles. The number of nitrogens with one attached hydrogen (secondary N) is 1. The summed E-state index contributed by atoms with van der Waals surface area (Å²) in [6, 6.07) is 4.82. The number of nitrogens with zero attached hydrogens (tertiary/aromatic N) is 4. The fourth-order valence-electron chi connectivity index (χ4n) is 2.47. The largest absolute Gasteiger partial charge is 0.478 e. The highest BCUT2D eigenvalue weighted by Gasteiger charge is 2.23. The van der Waals surface area contributed by atoms with Gasteiger partial charge in [0.05, 0.1) is 29.6 Å². The Morgan fingerprint density at radius 1 is 1.45 bits per heavy atom. The number of carboxylic acids is 1. The fraction of sp³-hybridized carbons (Fsp3) is 0.308. The molecule has 3 rings (SSSR count). The second kappa shape index (κ2) is 5.85. The minimum absolute atomic E-state index is 0.160. The van der Waals surface area contributed by atoms with Gasteiger partial charge in [0.1, 0.15) is 0 Å². The third kappa shape index (κ3) is 2.72. The van der Waals surface area contributed by atoms with E-state index >= 15 is 0 Å². The summed E-state index contributed by atoms with van der Waals surface area (Å²) in [4.78, 5) is 13.2. The van der Waals surface area contributed by atoms with E-state index in [2.05, 4.69) is 15.5 Å². The van der Waals surface area contributed by atoms with Crippen LogP contribution in [0.3, 0.4) is 0 Å². The highest BCUT2D eigenvalue weighted by Crippen LogP contribution is 2.28. The van der Waals surface area contributed by atoms with Gasteiger partial charge in [-0.3, -0.25) is 0 Å². The second-order valence-corrected chi connectivity index (χ2v) is 5.34. The van der Waals surface area contributed by atoms with Gasteiger partial charge in [0.2, 0.25) is 4.77 Å². The molecule has 0 saturated carbocycles. The molecule has 1 unspecified atom stereocenters. The molecular formula is C13H14N5O3S. The van der Waals surface area contributed by atoms with Crippen molar-refractivity contribution in [2.75, 3.05) is 11.4 Å². The number of aliphatic hydroxyl groups is 1. The van der Waals surface area contributed by atoms with Gasteiger partial charge >= 0.3 is 5.97 Å². The van der Waals surface area contributed by atoms with Crippen LogP contribution in [0.1, 0.15) is 23.2 Å². The maximum Gasteiger partial charge on any atom is 0.337 e. The zero-order valence-corrected chi connectivity index (χ0v) is 12.3. The van der Waals surface area contributed by atoms with Crippen LogP contribution in [0.25, 0.3) is 5.69 Å². The Morgan fingerprint density at radius 3 is 2.91 bits per heavy atom. The fourth-order valence-corrected chi connectivity index (χ4v) is 2.66. The van der Waals surface area contributed by atoms with Gasteiger partial charge in [-0.25, -0.2) is 9.48 Å². The molecule has 1 radical (unpaired) electrons. The summed E-state index contributed by atoms with van der Waals surface area (Å²) in [7, 11) is 0. The van der Waals surface area contributed by atoms with Crippen LogP contribution in [-0.4, -0.2) is 49.0 Å². The Hall–Kier alpha value is -2.26. The molecule has 1 aliphatic rings. The molecule has 0 bridgehead atoms. The smallest absolute Gasteiger partial charge is 0.337 e. The average Bonchev–Trinajstić information content (AvgIpc) is 2.92. The van der Waals surface area contributed by atoms with Gasteiger partial charge in [-0.1, -0.05) is 10.3 Å². The van der Waals surface area contributed by atoms with Gasteiger partial charge < -0.3 is 15.1 Å². The maximum absolute atomic E-state index is 11.4. The Labute approximate surface area is 131 Å². The van der Waals surface area contributed by atoms with E-state index < -0.39 is 12.1 Å². The summed E-state index contributed by atoms with van der Waals surface area (Å²) in [5.41, 5.74) is 1.29. The lowest BCUT2D eigenvalue weighted by molar-refractivity contribution is 0.0697. The van der Waals surface area contributed by atoms with Crippen molar-refractivity contribution in [3.63, 3.8) is 0 Å². The van der Waals surface area contributed by atoms with Gasteiger partial charge in [-0.15, -0.1) is 0 Å². The van der Waals surface area contributed by atoms with E-state index in [1.807, 2.05) is 0 Å². The summed E-state index contributed by atoms with van der Waals surface area (Å²) < 4.78 is 1.72. The lowest BCUT2D eigenvalue weighted by Crippen LogP contribution is -2.34. The van der Waals surface area contributed by atoms with Crippen molar-refractivity contribution in [1.29, 1.82) is 0 Å². The maximum atomic E-state index is 11.4. The SMILES string of the molecule is O=C(O)c1ccc(-n2[nH]nnc2=S)cc1N1[CH]C(O)CCC1. The normalized spacial score (nSPS) is 18.4. The summed E-state index contributed by atoms with van der Waals surface area (Å²) in [6.45, 7) is 2.28. The molecule has 0 amide bonds. The van der Waals surface area contributed by atoms with Gasteiger partial charge in [-0.05, 0) is 43.3 Å². The minimum Gasteiger partial charge on any atom is -0.478 e.